The van der Waals surface area contributed by atoms with Gasteiger partial charge in [0.1, 0.15) is 0 Å². The van der Waals surface area contributed by atoms with Crippen LogP contribution in [-0.2, 0) is 0 Å². The third kappa shape index (κ3) is 2.85. The molecule has 4 heteroatoms. The Morgan fingerprint density at radius 3 is 2.75 bits per heavy atom. The molecule has 0 bridgehead atoms. The molecule has 20 heavy (non-hydrogen) atoms. The highest BCUT2D eigenvalue weighted by atomic mass is 15.1. The summed E-state index contributed by atoms with van der Waals surface area (Å²) >= 11 is 0. The number of likely N-dealkylation sites (tertiary alicyclic amines) is 1. The Kier molecular flexibility index (Phi) is 4.02. The number of piperidine rings is 1. The first kappa shape index (κ1) is 13.2. The van der Waals surface area contributed by atoms with E-state index < -0.39 is 0 Å². The van der Waals surface area contributed by atoms with Gasteiger partial charge < -0.3 is 14.8 Å². The summed E-state index contributed by atoms with van der Waals surface area (Å²) in [6, 6.07) is 9.01. The lowest BCUT2D eigenvalue weighted by atomic mass is 10.0. The van der Waals surface area contributed by atoms with Crippen LogP contribution in [0.3, 0.4) is 0 Å². The Morgan fingerprint density at radius 1 is 1.25 bits per heavy atom. The summed E-state index contributed by atoms with van der Waals surface area (Å²) in [6.45, 7) is 5.79. The molecule has 0 aliphatic carbocycles. The Morgan fingerprint density at radius 2 is 2.05 bits per heavy atom. The van der Waals surface area contributed by atoms with Gasteiger partial charge in [-0.2, -0.15) is 0 Å². The van der Waals surface area contributed by atoms with Gasteiger partial charge in [-0.05, 0) is 31.5 Å². The van der Waals surface area contributed by atoms with Crippen molar-refractivity contribution in [2.75, 3.05) is 25.0 Å². The minimum Gasteiger partial charge on any atom is -0.381 e. The molecular weight excluding hydrogens is 248 g/mol. The summed E-state index contributed by atoms with van der Waals surface area (Å²) in [5.74, 6) is 0. The monoisotopic (exact) mass is 270 g/mol. The molecule has 1 aromatic carbocycles. The minimum atomic E-state index is 0.572. The molecule has 1 N–H and O–H groups in total. The van der Waals surface area contributed by atoms with Gasteiger partial charge in [0.2, 0.25) is 0 Å². The van der Waals surface area contributed by atoms with Crippen molar-refractivity contribution in [1.29, 1.82) is 0 Å². The number of rotatable bonds is 4. The molecule has 1 aliphatic rings. The molecule has 2 aromatic rings. The number of anilines is 1. The van der Waals surface area contributed by atoms with Gasteiger partial charge in [-0.3, -0.25) is 0 Å². The lowest BCUT2D eigenvalue weighted by Gasteiger charge is -2.32. The summed E-state index contributed by atoms with van der Waals surface area (Å²) in [5.41, 5.74) is 2.36. The zero-order chi connectivity index (χ0) is 13.8. The van der Waals surface area contributed by atoms with Crippen LogP contribution in [0.2, 0.25) is 0 Å². The lowest BCUT2D eigenvalue weighted by molar-refractivity contribution is 0.229. The number of para-hydroxylation sites is 2. The summed E-state index contributed by atoms with van der Waals surface area (Å²) in [6.07, 6.45) is 8.08. The van der Waals surface area contributed by atoms with Crippen molar-refractivity contribution in [2.24, 2.45) is 0 Å². The molecule has 1 fully saturated rings. The maximum absolute atomic E-state index is 4.14. The van der Waals surface area contributed by atoms with E-state index in [2.05, 4.69) is 51.0 Å². The molecule has 0 spiro atoms. The van der Waals surface area contributed by atoms with Crippen LogP contribution in [0.5, 0.6) is 0 Å². The van der Waals surface area contributed by atoms with Crippen molar-refractivity contribution in [3.8, 4) is 5.69 Å². The van der Waals surface area contributed by atoms with Gasteiger partial charge in [-0.1, -0.05) is 19.1 Å². The fraction of sp³-hybridized carbons (Fsp3) is 0.438. The molecule has 1 saturated heterocycles. The second-order valence-corrected chi connectivity index (χ2v) is 5.34. The molecule has 2 heterocycles. The maximum Gasteiger partial charge on any atom is 0.0992 e. The van der Waals surface area contributed by atoms with Crippen LogP contribution in [-0.4, -0.2) is 40.1 Å². The van der Waals surface area contributed by atoms with Crippen LogP contribution >= 0.6 is 0 Å². The number of nitrogens with zero attached hydrogens (tertiary/aromatic N) is 3. The van der Waals surface area contributed by atoms with Crippen molar-refractivity contribution in [3.63, 3.8) is 0 Å². The molecule has 4 nitrogen and oxygen atoms in total. The van der Waals surface area contributed by atoms with Gasteiger partial charge in [0, 0.05) is 31.5 Å². The molecule has 1 aliphatic heterocycles. The van der Waals surface area contributed by atoms with E-state index in [4.69, 9.17) is 0 Å². The molecule has 0 atom stereocenters. The SMILES string of the molecule is CCN1CCC(Nc2ccccc2-n2ccnc2)CC1. The minimum absolute atomic E-state index is 0.572. The van der Waals surface area contributed by atoms with Gasteiger partial charge in [0.05, 0.1) is 17.7 Å². The van der Waals surface area contributed by atoms with Crippen molar-refractivity contribution in [2.45, 2.75) is 25.8 Å². The average Bonchev–Trinajstić information content (AvgIpc) is 3.03. The highest BCUT2D eigenvalue weighted by Gasteiger charge is 2.18. The van der Waals surface area contributed by atoms with Gasteiger partial charge in [-0.15, -0.1) is 0 Å². The Balaban J connectivity index is 1.72. The van der Waals surface area contributed by atoms with E-state index in [1.807, 2.05) is 18.7 Å². The van der Waals surface area contributed by atoms with E-state index in [1.165, 1.54) is 43.9 Å². The Hall–Kier alpha value is -1.81. The Labute approximate surface area is 120 Å². The van der Waals surface area contributed by atoms with Gasteiger partial charge >= 0.3 is 0 Å². The summed E-state index contributed by atoms with van der Waals surface area (Å²) in [4.78, 5) is 6.65. The van der Waals surface area contributed by atoms with Crippen LogP contribution in [0.15, 0.2) is 43.0 Å². The van der Waals surface area contributed by atoms with E-state index in [1.54, 1.807) is 0 Å². The number of hydrogen-bond donors (Lipinski definition) is 1. The predicted octanol–water partition coefficient (Wildman–Crippen LogP) is 2.77. The number of imidazole rings is 1. The largest absolute Gasteiger partial charge is 0.381 e. The first-order valence-electron chi connectivity index (χ1n) is 7.43. The summed E-state index contributed by atoms with van der Waals surface area (Å²) in [7, 11) is 0. The number of benzene rings is 1. The van der Waals surface area contributed by atoms with Crippen molar-refractivity contribution < 1.29 is 0 Å². The fourth-order valence-corrected chi connectivity index (χ4v) is 2.84. The van der Waals surface area contributed by atoms with E-state index >= 15 is 0 Å². The topological polar surface area (TPSA) is 33.1 Å². The maximum atomic E-state index is 4.14. The van der Waals surface area contributed by atoms with Crippen LogP contribution in [0.1, 0.15) is 19.8 Å². The quantitative estimate of drug-likeness (QED) is 0.927. The standard InChI is InChI=1S/C16H22N4/c1-2-19-10-7-14(8-11-19)18-15-5-3-4-6-16(15)20-12-9-17-13-20/h3-6,9,12-14,18H,2,7-8,10-11H2,1H3. The van der Waals surface area contributed by atoms with E-state index in [-0.39, 0.29) is 0 Å². The highest BCUT2D eigenvalue weighted by Crippen LogP contribution is 2.23. The molecule has 0 saturated carbocycles. The fourth-order valence-electron chi connectivity index (χ4n) is 2.84. The van der Waals surface area contributed by atoms with Crippen LogP contribution in [0.4, 0.5) is 5.69 Å². The van der Waals surface area contributed by atoms with Gasteiger partial charge in [-0.25, -0.2) is 4.98 Å². The van der Waals surface area contributed by atoms with Crippen molar-refractivity contribution in [1.82, 2.24) is 14.5 Å². The van der Waals surface area contributed by atoms with Crippen LogP contribution < -0.4 is 5.32 Å². The first-order chi connectivity index (χ1) is 9.86. The predicted molar refractivity (Wildman–Crippen MR) is 82.3 cm³/mol. The van der Waals surface area contributed by atoms with E-state index in [0.29, 0.717) is 6.04 Å². The van der Waals surface area contributed by atoms with Crippen molar-refractivity contribution >= 4 is 5.69 Å². The average molecular weight is 270 g/mol. The lowest BCUT2D eigenvalue weighted by Crippen LogP contribution is -2.39. The van der Waals surface area contributed by atoms with E-state index in [0.717, 1.165) is 0 Å². The second-order valence-electron chi connectivity index (χ2n) is 5.34. The zero-order valence-electron chi connectivity index (χ0n) is 12.0. The molecule has 3 rings (SSSR count). The zero-order valence-corrected chi connectivity index (χ0v) is 12.0. The summed E-state index contributed by atoms with van der Waals surface area (Å²) in [5, 5.41) is 3.71. The Bertz CT molecular complexity index is 527. The van der Waals surface area contributed by atoms with Gasteiger partial charge in [0.25, 0.3) is 0 Å². The smallest absolute Gasteiger partial charge is 0.0992 e. The first-order valence-corrected chi connectivity index (χ1v) is 7.43. The molecule has 0 unspecified atom stereocenters. The highest BCUT2D eigenvalue weighted by molar-refractivity contribution is 5.61. The second kappa shape index (κ2) is 6.09. The molecule has 0 amide bonds. The number of hydrogen-bond acceptors (Lipinski definition) is 3. The third-order valence-electron chi connectivity index (χ3n) is 4.08. The summed E-state index contributed by atoms with van der Waals surface area (Å²) < 4.78 is 2.06. The molecule has 106 valence electrons. The normalized spacial score (nSPS) is 17.2. The molecule has 1 aromatic heterocycles. The van der Waals surface area contributed by atoms with Crippen molar-refractivity contribution in [3.05, 3.63) is 43.0 Å². The molecule has 0 radical (unpaired) electrons. The number of aromatic nitrogens is 2. The van der Waals surface area contributed by atoms with Crippen LogP contribution in [0.25, 0.3) is 5.69 Å². The van der Waals surface area contributed by atoms with Gasteiger partial charge in [0.15, 0.2) is 0 Å². The van der Waals surface area contributed by atoms with Crippen LogP contribution in [0, 0.1) is 0 Å². The number of nitrogens with one attached hydrogen (secondary N) is 1. The van der Waals surface area contributed by atoms with E-state index in [9.17, 15) is 0 Å². The molecular formula is C16H22N4. The third-order valence-corrected chi connectivity index (χ3v) is 4.08.